The van der Waals surface area contributed by atoms with Crippen LogP contribution in [0.2, 0.25) is 0 Å². The molecule has 0 radical (unpaired) electrons. The molecule has 6 rings (SSSR count). The van der Waals surface area contributed by atoms with Crippen LogP contribution in [0.1, 0.15) is 53.8 Å². The standard InChI is InChI=1S/C27H32N8O2/c1-18-15-22(34-14-11-27(3,17-34)20-7-5-4-6-8-20)16-35-24(18)30-23(31-35)25(36)29-21-9-12-33(13-10-21)26-28-19(2)32-37-26/h4-8,15-16,21H,9-14,17H2,1-3H3,(H,29,36)/t27-/m0/s1. The van der Waals surface area contributed by atoms with Crippen LogP contribution in [0.3, 0.4) is 0 Å². The van der Waals surface area contributed by atoms with Crippen LogP contribution in [0.15, 0.2) is 47.1 Å². The van der Waals surface area contributed by atoms with E-state index in [1.54, 1.807) is 11.4 Å². The minimum absolute atomic E-state index is 0.0521. The van der Waals surface area contributed by atoms with Crippen molar-refractivity contribution in [1.82, 2.24) is 30.1 Å². The molecule has 3 aromatic heterocycles. The summed E-state index contributed by atoms with van der Waals surface area (Å²) < 4.78 is 7.01. The molecule has 0 unspecified atom stereocenters. The molecule has 10 heteroatoms. The van der Waals surface area contributed by atoms with Crippen molar-refractivity contribution in [2.24, 2.45) is 0 Å². The van der Waals surface area contributed by atoms with E-state index in [0.29, 0.717) is 17.5 Å². The topological polar surface area (TPSA) is 105 Å². The average molecular weight is 501 g/mol. The highest BCUT2D eigenvalue weighted by atomic mass is 16.5. The Hall–Kier alpha value is -3.95. The molecule has 1 atom stereocenters. The fourth-order valence-corrected chi connectivity index (χ4v) is 5.54. The number of rotatable bonds is 5. The van der Waals surface area contributed by atoms with Crippen molar-refractivity contribution in [3.05, 3.63) is 65.4 Å². The van der Waals surface area contributed by atoms with Gasteiger partial charge in [0.2, 0.25) is 5.82 Å². The van der Waals surface area contributed by atoms with Gasteiger partial charge in [-0.3, -0.25) is 4.79 Å². The van der Waals surface area contributed by atoms with Crippen molar-refractivity contribution in [2.75, 3.05) is 36.0 Å². The van der Waals surface area contributed by atoms with Gasteiger partial charge in [0.15, 0.2) is 11.5 Å². The molecular formula is C27H32N8O2. The number of benzene rings is 1. The number of amides is 1. The van der Waals surface area contributed by atoms with Gasteiger partial charge in [-0.2, -0.15) is 4.98 Å². The van der Waals surface area contributed by atoms with Gasteiger partial charge in [-0.25, -0.2) is 9.50 Å². The van der Waals surface area contributed by atoms with E-state index in [4.69, 9.17) is 4.52 Å². The largest absolute Gasteiger partial charge is 0.369 e. The molecule has 0 bridgehead atoms. The number of anilines is 2. The van der Waals surface area contributed by atoms with Gasteiger partial charge >= 0.3 is 6.01 Å². The van der Waals surface area contributed by atoms with Gasteiger partial charge in [-0.15, -0.1) is 5.10 Å². The number of fused-ring (bicyclic) bond motifs is 1. The maximum absolute atomic E-state index is 13.0. The van der Waals surface area contributed by atoms with E-state index in [0.717, 1.165) is 56.7 Å². The highest BCUT2D eigenvalue weighted by Crippen LogP contribution is 2.36. The number of aromatic nitrogens is 5. The summed E-state index contributed by atoms with van der Waals surface area (Å²) in [6.07, 6.45) is 4.66. The number of carbonyl (C=O) groups excluding carboxylic acids is 1. The monoisotopic (exact) mass is 500 g/mol. The molecule has 5 heterocycles. The summed E-state index contributed by atoms with van der Waals surface area (Å²) in [5.74, 6) is 0.581. The molecule has 1 N–H and O–H groups in total. The highest BCUT2D eigenvalue weighted by molar-refractivity contribution is 5.91. The first-order chi connectivity index (χ1) is 17.9. The van der Waals surface area contributed by atoms with Crippen molar-refractivity contribution in [1.29, 1.82) is 0 Å². The molecule has 0 aliphatic carbocycles. The molecule has 2 aliphatic rings. The maximum atomic E-state index is 13.0. The van der Waals surface area contributed by atoms with Crippen molar-refractivity contribution < 1.29 is 9.32 Å². The minimum Gasteiger partial charge on any atom is -0.369 e. The SMILES string of the molecule is Cc1noc(N2CCC(NC(=O)c3nc4c(C)cc(N5CC[C@](C)(c6ccccc6)C5)cn4n3)CC2)n1. The predicted molar refractivity (Wildman–Crippen MR) is 140 cm³/mol. The zero-order valence-corrected chi connectivity index (χ0v) is 21.5. The summed E-state index contributed by atoms with van der Waals surface area (Å²) >= 11 is 0. The van der Waals surface area contributed by atoms with Crippen molar-refractivity contribution in [3.63, 3.8) is 0 Å². The average Bonchev–Trinajstić information content (AvgIpc) is 3.64. The van der Waals surface area contributed by atoms with Gasteiger partial charge in [0.25, 0.3) is 5.91 Å². The van der Waals surface area contributed by atoms with E-state index in [2.05, 4.69) is 78.7 Å². The first-order valence-electron chi connectivity index (χ1n) is 12.9. The van der Waals surface area contributed by atoms with Gasteiger partial charge < -0.3 is 19.6 Å². The lowest BCUT2D eigenvalue weighted by Crippen LogP contribution is -2.45. The molecule has 2 aliphatic heterocycles. The molecule has 2 fully saturated rings. The molecule has 0 spiro atoms. The number of nitrogens with zero attached hydrogens (tertiary/aromatic N) is 7. The third kappa shape index (κ3) is 4.52. The third-order valence-electron chi connectivity index (χ3n) is 7.73. The molecule has 4 aromatic rings. The Morgan fingerprint density at radius 2 is 1.86 bits per heavy atom. The molecule has 192 valence electrons. The Balaban J connectivity index is 1.13. The zero-order chi connectivity index (χ0) is 25.6. The number of piperidine rings is 1. The van der Waals surface area contributed by atoms with Crippen LogP contribution in [0.25, 0.3) is 5.65 Å². The Morgan fingerprint density at radius 3 is 2.59 bits per heavy atom. The number of nitrogens with one attached hydrogen (secondary N) is 1. The van der Waals surface area contributed by atoms with Crippen LogP contribution < -0.4 is 15.1 Å². The lowest BCUT2D eigenvalue weighted by molar-refractivity contribution is 0.0920. The smallest absolute Gasteiger partial charge is 0.324 e. The Bertz CT molecular complexity index is 1420. The number of pyridine rings is 1. The van der Waals surface area contributed by atoms with E-state index in [-0.39, 0.29) is 23.2 Å². The van der Waals surface area contributed by atoms with Crippen LogP contribution in [-0.4, -0.2) is 62.9 Å². The fourth-order valence-electron chi connectivity index (χ4n) is 5.54. The lowest BCUT2D eigenvalue weighted by atomic mass is 9.82. The predicted octanol–water partition coefficient (Wildman–Crippen LogP) is 3.30. The van der Waals surface area contributed by atoms with E-state index < -0.39 is 0 Å². The zero-order valence-electron chi connectivity index (χ0n) is 21.5. The molecule has 1 aromatic carbocycles. The van der Waals surface area contributed by atoms with Crippen LogP contribution in [0, 0.1) is 13.8 Å². The summed E-state index contributed by atoms with van der Waals surface area (Å²) in [6.45, 7) is 9.55. The van der Waals surface area contributed by atoms with E-state index in [9.17, 15) is 4.79 Å². The van der Waals surface area contributed by atoms with Crippen LogP contribution in [-0.2, 0) is 5.41 Å². The number of carbonyl (C=O) groups is 1. The van der Waals surface area contributed by atoms with Gasteiger partial charge in [0.05, 0.1) is 11.9 Å². The van der Waals surface area contributed by atoms with Crippen LogP contribution in [0.5, 0.6) is 0 Å². The second kappa shape index (κ2) is 9.17. The van der Waals surface area contributed by atoms with Crippen molar-refractivity contribution >= 4 is 23.3 Å². The van der Waals surface area contributed by atoms with E-state index in [1.165, 1.54) is 5.56 Å². The fraction of sp³-hybridized carbons (Fsp3) is 0.444. The Kier molecular flexibility index (Phi) is 5.81. The molecule has 10 nitrogen and oxygen atoms in total. The first kappa shape index (κ1) is 23.4. The third-order valence-corrected chi connectivity index (χ3v) is 7.73. The van der Waals surface area contributed by atoms with E-state index in [1.807, 2.05) is 13.1 Å². The summed E-state index contributed by atoms with van der Waals surface area (Å²) in [7, 11) is 0. The minimum atomic E-state index is -0.241. The van der Waals surface area contributed by atoms with Crippen LogP contribution >= 0.6 is 0 Å². The second-order valence-corrected chi connectivity index (χ2v) is 10.5. The van der Waals surface area contributed by atoms with E-state index >= 15 is 0 Å². The second-order valence-electron chi connectivity index (χ2n) is 10.5. The number of hydrogen-bond donors (Lipinski definition) is 1. The van der Waals surface area contributed by atoms with Crippen molar-refractivity contribution in [2.45, 2.75) is 51.5 Å². The lowest BCUT2D eigenvalue weighted by Gasteiger charge is -2.30. The maximum Gasteiger partial charge on any atom is 0.324 e. The van der Waals surface area contributed by atoms with Gasteiger partial charge in [-0.1, -0.05) is 42.4 Å². The summed E-state index contributed by atoms with van der Waals surface area (Å²) in [6, 6.07) is 13.5. The number of aryl methyl sites for hydroxylation is 2. The quantitative estimate of drug-likeness (QED) is 0.445. The summed E-state index contributed by atoms with van der Waals surface area (Å²) in [5.41, 5.74) is 4.29. The molecule has 0 saturated carbocycles. The number of hydrogen-bond acceptors (Lipinski definition) is 8. The summed E-state index contributed by atoms with van der Waals surface area (Å²) in [5, 5.41) is 11.5. The van der Waals surface area contributed by atoms with Gasteiger partial charge in [0, 0.05) is 37.6 Å². The Labute approximate surface area is 215 Å². The summed E-state index contributed by atoms with van der Waals surface area (Å²) in [4.78, 5) is 26.3. The van der Waals surface area contributed by atoms with Crippen molar-refractivity contribution in [3.8, 4) is 0 Å². The van der Waals surface area contributed by atoms with Gasteiger partial charge in [0.1, 0.15) is 0 Å². The molecule has 1 amide bonds. The molecular weight excluding hydrogens is 468 g/mol. The van der Waals surface area contributed by atoms with Crippen LogP contribution in [0.4, 0.5) is 11.7 Å². The molecule has 37 heavy (non-hydrogen) atoms. The Morgan fingerprint density at radius 1 is 1.08 bits per heavy atom. The van der Waals surface area contributed by atoms with Gasteiger partial charge in [-0.05, 0) is 50.3 Å². The normalized spacial score (nSPS) is 20.6. The molecule has 2 saturated heterocycles. The highest BCUT2D eigenvalue weighted by Gasteiger charge is 2.35. The first-order valence-corrected chi connectivity index (χ1v) is 12.9.